The molecule has 0 aliphatic carbocycles. The van der Waals surface area contributed by atoms with Gasteiger partial charge in [0.25, 0.3) is 0 Å². The first kappa shape index (κ1) is 21.4. The van der Waals surface area contributed by atoms with Crippen LogP contribution >= 0.6 is 0 Å². The molecule has 0 aromatic heterocycles. The molecule has 0 unspecified atom stereocenters. The molecule has 0 saturated heterocycles. The number of carbonyl (C=O) groups is 2. The fraction of sp³-hybridized carbons (Fsp3) is 0.154. The van der Waals surface area contributed by atoms with E-state index in [-0.39, 0.29) is 18.4 Å². The van der Waals surface area contributed by atoms with E-state index >= 15 is 0 Å². The van der Waals surface area contributed by atoms with Crippen molar-refractivity contribution in [1.82, 2.24) is 5.32 Å². The van der Waals surface area contributed by atoms with Crippen LogP contribution in [0, 0.1) is 11.6 Å². The summed E-state index contributed by atoms with van der Waals surface area (Å²) in [7, 11) is 1.25. The summed E-state index contributed by atoms with van der Waals surface area (Å²) < 4.78 is 31.8. The number of halogens is 2. The van der Waals surface area contributed by atoms with Crippen LogP contribution < -0.4 is 5.32 Å². The van der Waals surface area contributed by atoms with Gasteiger partial charge in [0.1, 0.15) is 17.7 Å². The van der Waals surface area contributed by atoms with E-state index in [0.29, 0.717) is 0 Å². The molecule has 0 aliphatic heterocycles. The van der Waals surface area contributed by atoms with Gasteiger partial charge in [-0.15, -0.1) is 0 Å². The molecule has 0 bridgehead atoms. The van der Waals surface area contributed by atoms with Crippen LogP contribution in [0.5, 0.6) is 0 Å². The summed E-state index contributed by atoms with van der Waals surface area (Å²) in [6.07, 6.45) is -0.0593. The normalized spacial score (nSPS) is 12.0. The van der Waals surface area contributed by atoms with Crippen LogP contribution in [-0.4, -0.2) is 25.0 Å². The fourth-order valence-corrected chi connectivity index (χ4v) is 4.01. The van der Waals surface area contributed by atoms with Gasteiger partial charge in [0.15, 0.2) is 0 Å². The molecule has 0 radical (unpaired) electrons. The number of fused-ring (bicyclic) bond motifs is 2. The first-order valence-corrected chi connectivity index (χ1v) is 10.2. The quantitative estimate of drug-likeness (QED) is 0.354. The lowest BCUT2D eigenvalue weighted by Gasteiger charge is -2.19. The number of amides is 1. The average molecular weight is 433 g/mol. The summed E-state index contributed by atoms with van der Waals surface area (Å²) in [5.41, 5.74) is 1.09. The van der Waals surface area contributed by atoms with E-state index in [2.05, 4.69) is 11.4 Å². The van der Waals surface area contributed by atoms with E-state index in [1.54, 1.807) is 0 Å². The number of carbonyl (C=O) groups excluding carboxylic acids is 2. The lowest BCUT2D eigenvalue weighted by molar-refractivity contribution is -0.145. The molecule has 0 fully saturated rings. The van der Waals surface area contributed by atoms with Crippen LogP contribution in [-0.2, 0) is 27.2 Å². The molecule has 4 nitrogen and oxygen atoms in total. The van der Waals surface area contributed by atoms with Crippen molar-refractivity contribution in [3.8, 4) is 0 Å². The molecular weight excluding hydrogens is 412 g/mol. The SMILES string of the molecule is COC(=O)[C@H](Cc1c2ccccc2cc2ccccc12)NC(=O)Cc1cc(F)cc(F)c1. The van der Waals surface area contributed by atoms with E-state index in [1.165, 1.54) is 7.11 Å². The van der Waals surface area contributed by atoms with Crippen molar-refractivity contribution >= 4 is 33.4 Å². The van der Waals surface area contributed by atoms with Gasteiger partial charge < -0.3 is 10.1 Å². The van der Waals surface area contributed by atoms with Crippen LogP contribution in [0.15, 0.2) is 72.8 Å². The number of ether oxygens (including phenoxy) is 1. The zero-order valence-corrected chi connectivity index (χ0v) is 17.4. The Labute approximate surface area is 183 Å². The van der Waals surface area contributed by atoms with Crippen LogP contribution in [0.2, 0.25) is 0 Å². The maximum Gasteiger partial charge on any atom is 0.328 e. The maximum absolute atomic E-state index is 13.5. The summed E-state index contributed by atoms with van der Waals surface area (Å²) in [4.78, 5) is 25.1. The number of esters is 1. The molecular formula is C26H21F2NO3. The molecule has 4 rings (SSSR count). The Morgan fingerprint density at radius 3 is 2.00 bits per heavy atom. The highest BCUT2D eigenvalue weighted by atomic mass is 19.1. The van der Waals surface area contributed by atoms with Gasteiger partial charge >= 0.3 is 5.97 Å². The first-order valence-electron chi connectivity index (χ1n) is 10.2. The second-order valence-corrected chi connectivity index (χ2v) is 7.60. The van der Waals surface area contributed by atoms with Gasteiger partial charge in [-0.25, -0.2) is 13.6 Å². The van der Waals surface area contributed by atoms with Crippen molar-refractivity contribution in [3.63, 3.8) is 0 Å². The Morgan fingerprint density at radius 1 is 0.875 bits per heavy atom. The largest absolute Gasteiger partial charge is 0.467 e. The van der Waals surface area contributed by atoms with Gasteiger partial charge in [-0.3, -0.25) is 4.79 Å². The fourth-order valence-electron chi connectivity index (χ4n) is 4.01. The van der Waals surface area contributed by atoms with Crippen molar-refractivity contribution in [3.05, 3.63) is 95.6 Å². The van der Waals surface area contributed by atoms with Crippen LogP contribution in [0.3, 0.4) is 0 Å². The predicted octanol–water partition coefficient (Wildman–Crippen LogP) is 4.71. The summed E-state index contributed by atoms with van der Waals surface area (Å²) in [5, 5.41) is 6.66. The molecule has 1 amide bonds. The second kappa shape index (κ2) is 9.14. The van der Waals surface area contributed by atoms with Crippen molar-refractivity contribution in [2.75, 3.05) is 7.11 Å². The molecule has 0 heterocycles. The third-order valence-electron chi connectivity index (χ3n) is 5.40. The second-order valence-electron chi connectivity index (χ2n) is 7.60. The number of rotatable bonds is 6. The Bertz CT molecular complexity index is 1240. The first-order chi connectivity index (χ1) is 15.4. The Kier molecular flexibility index (Phi) is 6.12. The minimum atomic E-state index is -0.958. The predicted molar refractivity (Wildman–Crippen MR) is 119 cm³/mol. The highest BCUT2D eigenvalue weighted by Crippen LogP contribution is 2.29. The molecule has 0 spiro atoms. The lowest BCUT2D eigenvalue weighted by Crippen LogP contribution is -2.43. The van der Waals surface area contributed by atoms with Crippen molar-refractivity contribution < 1.29 is 23.1 Å². The molecule has 32 heavy (non-hydrogen) atoms. The number of nitrogens with one attached hydrogen (secondary N) is 1. The third kappa shape index (κ3) is 4.59. The minimum absolute atomic E-state index is 0.180. The molecule has 1 atom stereocenters. The van der Waals surface area contributed by atoms with Crippen molar-refractivity contribution in [2.45, 2.75) is 18.9 Å². The summed E-state index contributed by atoms with van der Waals surface area (Å²) in [5.74, 6) is -2.66. The lowest BCUT2D eigenvalue weighted by atomic mass is 9.92. The Balaban J connectivity index is 1.66. The molecule has 0 aliphatic rings. The van der Waals surface area contributed by atoms with E-state index in [0.717, 1.165) is 45.3 Å². The molecule has 6 heteroatoms. The van der Waals surface area contributed by atoms with Gasteiger partial charge in [-0.1, -0.05) is 48.5 Å². The maximum atomic E-state index is 13.5. The van der Waals surface area contributed by atoms with Gasteiger partial charge in [-0.2, -0.15) is 0 Å². The van der Waals surface area contributed by atoms with Crippen molar-refractivity contribution in [2.24, 2.45) is 0 Å². The highest BCUT2D eigenvalue weighted by Gasteiger charge is 2.24. The third-order valence-corrected chi connectivity index (χ3v) is 5.40. The molecule has 162 valence electrons. The summed E-state index contributed by atoms with van der Waals surface area (Å²) in [6, 6.07) is 19.7. The molecule has 1 N–H and O–H groups in total. The number of benzene rings is 4. The topological polar surface area (TPSA) is 55.4 Å². The van der Waals surface area contributed by atoms with Gasteiger partial charge in [0.2, 0.25) is 5.91 Å². The summed E-state index contributed by atoms with van der Waals surface area (Å²) >= 11 is 0. The number of hydrogen-bond acceptors (Lipinski definition) is 3. The number of hydrogen-bond donors (Lipinski definition) is 1. The monoisotopic (exact) mass is 433 g/mol. The standard InChI is InChI=1S/C26H21F2NO3/c1-32-26(31)24(29-25(30)12-16-10-19(27)14-20(28)11-16)15-23-21-8-4-2-6-17(21)13-18-7-3-5-9-22(18)23/h2-11,13-14,24H,12,15H2,1H3,(H,29,30)/t24-/m0/s1. The average Bonchev–Trinajstić information content (AvgIpc) is 2.77. The zero-order valence-electron chi connectivity index (χ0n) is 17.4. The summed E-state index contributed by atoms with van der Waals surface area (Å²) in [6.45, 7) is 0. The smallest absolute Gasteiger partial charge is 0.328 e. The van der Waals surface area contributed by atoms with Crippen LogP contribution in [0.4, 0.5) is 8.78 Å². The molecule has 0 saturated carbocycles. The van der Waals surface area contributed by atoms with Crippen LogP contribution in [0.25, 0.3) is 21.5 Å². The Hall–Kier alpha value is -3.80. The molecule has 4 aromatic carbocycles. The van der Waals surface area contributed by atoms with E-state index in [9.17, 15) is 18.4 Å². The van der Waals surface area contributed by atoms with E-state index < -0.39 is 29.6 Å². The highest BCUT2D eigenvalue weighted by molar-refractivity contribution is 6.02. The molecule has 4 aromatic rings. The van der Waals surface area contributed by atoms with E-state index in [1.807, 2.05) is 48.5 Å². The zero-order chi connectivity index (χ0) is 22.7. The number of methoxy groups -OCH3 is 1. The van der Waals surface area contributed by atoms with Crippen LogP contribution in [0.1, 0.15) is 11.1 Å². The minimum Gasteiger partial charge on any atom is -0.467 e. The Morgan fingerprint density at radius 2 is 1.44 bits per heavy atom. The van der Waals surface area contributed by atoms with Gasteiger partial charge in [-0.05, 0) is 50.9 Å². The van der Waals surface area contributed by atoms with Gasteiger partial charge in [0.05, 0.1) is 13.5 Å². The van der Waals surface area contributed by atoms with E-state index in [4.69, 9.17) is 4.74 Å². The van der Waals surface area contributed by atoms with Gasteiger partial charge in [0, 0.05) is 12.5 Å². The van der Waals surface area contributed by atoms with Crippen molar-refractivity contribution in [1.29, 1.82) is 0 Å².